The third-order valence-corrected chi connectivity index (χ3v) is 6.59. The lowest BCUT2D eigenvalue weighted by atomic mass is 9.95. The van der Waals surface area contributed by atoms with Crippen LogP contribution in [0.1, 0.15) is 60.7 Å². The average Bonchev–Trinajstić information content (AvgIpc) is 3.33. The van der Waals surface area contributed by atoms with Gasteiger partial charge in [0.05, 0.1) is 30.9 Å². The van der Waals surface area contributed by atoms with Crippen molar-refractivity contribution in [2.75, 3.05) is 14.2 Å². The molecule has 5 rings (SSSR count). The summed E-state index contributed by atoms with van der Waals surface area (Å²) in [5.74, 6) is 2.32. The topological polar surface area (TPSA) is 86.4 Å². The van der Waals surface area contributed by atoms with Crippen LogP contribution >= 0.6 is 0 Å². The van der Waals surface area contributed by atoms with E-state index in [0.717, 1.165) is 22.4 Å². The minimum absolute atomic E-state index is 0.0339. The Kier molecular flexibility index (Phi) is 5.80. The van der Waals surface area contributed by atoms with Crippen LogP contribution < -0.4 is 14.2 Å². The molecule has 3 aromatic carbocycles. The van der Waals surface area contributed by atoms with Crippen molar-refractivity contribution in [3.05, 3.63) is 93.0 Å². The summed E-state index contributed by atoms with van der Waals surface area (Å²) >= 11 is 0. The molecule has 0 spiro atoms. The summed E-state index contributed by atoms with van der Waals surface area (Å²) in [5, 5.41) is 18.3. The zero-order chi connectivity index (χ0) is 24.7. The van der Waals surface area contributed by atoms with Gasteiger partial charge in [-0.3, -0.25) is 10.1 Å². The van der Waals surface area contributed by atoms with Crippen LogP contribution in [0, 0.1) is 10.1 Å². The van der Waals surface area contributed by atoms with Gasteiger partial charge < -0.3 is 14.2 Å². The van der Waals surface area contributed by atoms with Crippen LogP contribution in [0.3, 0.4) is 0 Å². The number of non-ortho nitro benzene ring substituents is 1. The number of rotatable bonds is 6. The Labute approximate surface area is 203 Å². The molecule has 0 amide bonds. The van der Waals surface area contributed by atoms with E-state index in [1.807, 2.05) is 23.2 Å². The van der Waals surface area contributed by atoms with Gasteiger partial charge in [-0.2, -0.15) is 5.10 Å². The van der Waals surface area contributed by atoms with Gasteiger partial charge in [-0.15, -0.1) is 0 Å². The zero-order valence-electron chi connectivity index (χ0n) is 20.1. The van der Waals surface area contributed by atoms with Crippen molar-refractivity contribution < 1.29 is 19.1 Å². The molecule has 2 aliphatic heterocycles. The molecule has 8 nitrogen and oxygen atoms in total. The third-order valence-electron chi connectivity index (χ3n) is 6.59. The van der Waals surface area contributed by atoms with Crippen LogP contribution in [0.25, 0.3) is 0 Å². The van der Waals surface area contributed by atoms with E-state index in [1.165, 1.54) is 11.6 Å². The predicted molar refractivity (Wildman–Crippen MR) is 132 cm³/mol. The second-order valence-electron chi connectivity index (χ2n) is 8.99. The summed E-state index contributed by atoms with van der Waals surface area (Å²) < 4.78 is 17.2. The number of hydrogen-bond donors (Lipinski definition) is 0. The van der Waals surface area contributed by atoms with Gasteiger partial charge >= 0.3 is 0 Å². The summed E-state index contributed by atoms with van der Waals surface area (Å²) in [6.07, 6.45) is 0.126. The third kappa shape index (κ3) is 4.05. The second kappa shape index (κ2) is 8.94. The Morgan fingerprint density at radius 3 is 2.43 bits per heavy atom. The molecule has 0 saturated carbocycles. The Hall–Kier alpha value is -4.07. The number of nitrogens with zero attached hydrogens (tertiary/aromatic N) is 3. The van der Waals surface area contributed by atoms with E-state index in [-0.39, 0.29) is 16.7 Å². The van der Waals surface area contributed by atoms with Gasteiger partial charge in [0, 0.05) is 35.2 Å². The molecule has 0 bridgehead atoms. The summed E-state index contributed by atoms with van der Waals surface area (Å²) in [6.45, 7) is 4.32. The first-order valence-corrected chi connectivity index (χ1v) is 11.5. The van der Waals surface area contributed by atoms with Gasteiger partial charge in [-0.05, 0) is 35.7 Å². The number of nitro groups is 1. The van der Waals surface area contributed by atoms with Gasteiger partial charge in [0.1, 0.15) is 5.75 Å². The molecule has 2 heterocycles. The van der Waals surface area contributed by atoms with E-state index >= 15 is 0 Å². The molecular formula is C27H27N3O5. The molecule has 35 heavy (non-hydrogen) atoms. The van der Waals surface area contributed by atoms with Crippen LogP contribution in [-0.4, -0.2) is 29.9 Å². The van der Waals surface area contributed by atoms with Gasteiger partial charge in [0.2, 0.25) is 6.23 Å². The van der Waals surface area contributed by atoms with Gasteiger partial charge in [-0.1, -0.05) is 38.1 Å². The molecule has 0 N–H and O–H groups in total. The van der Waals surface area contributed by atoms with Crippen LogP contribution in [0.5, 0.6) is 17.2 Å². The van der Waals surface area contributed by atoms with Crippen LogP contribution in [0.2, 0.25) is 0 Å². The molecule has 0 aromatic heterocycles. The van der Waals surface area contributed by atoms with E-state index in [0.29, 0.717) is 29.6 Å². The summed E-state index contributed by atoms with van der Waals surface area (Å²) in [7, 11) is 3.20. The van der Waals surface area contributed by atoms with Crippen molar-refractivity contribution >= 4 is 11.4 Å². The summed E-state index contributed by atoms with van der Waals surface area (Å²) in [5.41, 5.74) is 4.76. The molecule has 0 radical (unpaired) electrons. The first kappa shape index (κ1) is 22.7. The number of hydrogen-bond acceptors (Lipinski definition) is 7. The first-order chi connectivity index (χ1) is 16.9. The predicted octanol–water partition coefficient (Wildman–Crippen LogP) is 5.98. The van der Waals surface area contributed by atoms with Gasteiger partial charge in [0.15, 0.2) is 11.5 Å². The van der Waals surface area contributed by atoms with E-state index < -0.39 is 6.23 Å². The summed E-state index contributed by atoms with van der Waals surface area (Å²) in [6, 6.07) is 18.6. The second-order valence-corrected chi connectivity index (χ2v) is 8.99. The number of methoxy groups -OCH3 is 2. The Morgan fingerprint density at radius 2 is 1.77 bits per heavy atom. The Bertz CT molecular complexity index is 1300. The number of fused-ring (bicyclic) bond motifs is 3. The molecule has 3 aromatic rings. The maximum Gasteiger partial charge on any atom is 0.270 e. The summed E-state index contributed by atoms with van der Waals surface area (Å²) in [4.78, 5) is 11.1. The molecule has 0 aliphatic carbocycles. The van der Waals surface area contributed by atoms with Crippen molar-refractivity contribution in [3.8, 4) is 17.2 Å². The lowest BCUT2D eigenvalue weighted by molar-refractivity contribution is -0.385. The fraction of sp³-hybridized carbons (Fsp3) is 0.296. The number of benzene rings is 3. The highest BCUT2D eigenvalue weighted by Gasteiger charge is 2.41. The van der Waals surface area contributed by atoms with Crippen molar-refractivity contribution in [2.24, 2.45) is 5.10 Å². The standard InChI is InChI=1S/C27H27N3O5/c1-16(2)17-5-7-18(8-6-17)27-29-23(21-14-20(30(31)32)10-12-24(21)35-27)15-22(28-29)19-9-11-25(33-3)26(13-19)34-4/h5-14,16,23,27H,15H2,1-4H3/t23-,27+/m0/s1. The highest BCUT2D eigenvalue weighted by Crippen LogP contribution is 2.48. The van der Waals surface area contributed by atoms with E-state index in [9.17, 15) is 10.1 Å². The van der Waals surface area contributed by atoms with Crippen LogP contribution in [0.4, 0.5) is 5.69 Å². The molecule has 0 unspecified atom stereocenters. The lowest BCUT2D eigenvalue weighted by Crippen LogP contribution is -2.33. The first-order valence-electron chi connectivity index (χ1n) is 11.5. The molecule has 0 saturated heterocycles. The smallest absolute Gasteiger partial charge is 0.270 e. The monoisotopic (exact) mass is 473 g/mol. The van der Waals surface area contributed by atoms with Crippen molar-refractivity contribution in [1.29, 1.82) is 0 Å². The molecular weight excluding hydrogens is 446 g/mol. The maximum absolute atomic E-state index is 11.5. The fourth-order valence-electron chi connectivity index (χ4n) is 4.64. The highest BCUT2D eigenvalue weighted by molar-refractivity contribution is 6.02. The maximum atomic E-state index is 11.5. The largest absolute Gasteiger partial charge is 0.493 e. The molecule has 2 aliphatic rings. The van der Waals surface area contributed by atoms with Crippen LogP contribution in [0.15, 0.2) is 65.8 Å². The van der Waals surface area contributed by atoms with Crippen molar-refractivity contribution in [3.63, 3.8) is 0 Å². The van der Waals surface area contributed by atoms with Crippen molar-refractivity contribution in [1.82, 2.24) is 5.01 Å². The zero-order valence-corrected chi connectivity index (χ0v) is 20.1. The van der Waals surface area contributed by atoms with Gasteiger partial charge in [-0.25, -0.2) is 5.01 Å². The van der Waals surface area contributed by atoms with Crippen molar-refractivity contribution in [2.45, 2.75) is 38.5 Å². The minimum Gasteiger partial charge on any atom is -0.493 e. The van der Waals surface area contributed by atoms with Gasteiger partial charge in [0.25, 0.3) is 5.69 Å². The van der Waals surface area contributed by atoms with Crippen LogP contribution in [-0.2, 0) is 0 Å². The highest BCUT2D eigenvalue weighted by atomic mass is 16.6. The Morgan fingerprint density at radius 1 is 1.03 bits per heavy atom. The lowest BCUT2D eigenvalue weighted by Gasteiger charge is -2.38. The quantitative estimate of drug-likeness (QED) is 0.323. The molecule has 180 valence electrons. The molecule has 2 atom stereocenters. The van der Waals surface area contributed by atoms with E-state index in [1.54, 1.807) is 26.4 Å². The number of ether oxygens (including phenoxy) is 3. The SMILES string of the molecule is COc1ccc(C2=NN3[C@@H](c4ccc(C(C)C)cc4)Oc4ccc([N+](=O)[O-])cc4[C@@H]3C2)cc1OC. The normalized spacial score (nSPS) is 18.4. The van der Waals surface area contributed by atoms with E-state index in [4.69, 9.17) is 19.3 Å². The number of nitro benzene ring substituents is 1. The molecule has 8 heteroatoms. The fourth-order valence-corrected chi connectivity index (χ4v) is 4.64. The molecule has 0 fully saturated rings. The average molecular weight is 474 g/mol. The van der Waals surface area contributed by atoms with E-state index in [2.05, 4.69) is 38.1 Å². The number of hydrazone groups is 1. The minimum atomic E-state index is -0.451. The Balaban J connectivity index is 1.58.